The number of amides is 2. The third-order valence-corrected chi connectivity index (χ3v) is 3.44. The van der Waals surface area contributed by atoms with E-state index in [1.54, 1.807) is 42.1 Å². The normalized spacial score (nSPS) is 11.5. The molecule has 1 aromatic carbocycles. The van der Waals surface area contributed by atoms with E-state index in [0.29, 0.717) is 24.2 Å². The van der Waals surface area contributed by atoms with Gasteiger partial charge in [0, 0.05) is 17.8 Å². The van der Waals surface area contributed by atoms with E-state index in [0.717, 1.165) is 5.75 Å². The van der Waals surface area contributed by atoms with Crippen molar-refractivity contribution >= 4 is 29.3 Å². The Morgan fingerprint density at radius 3 is 2.62 bits per heavy atom. The van der Waals surface area contributed by atoms with Crippen LogP contribution in [0.25, 0.3) is 0 Å². The minimum atomic E-state index is -0.520. The van der Waals surface area contributed by atoms with Crippen LogP contribution in [0.1, 0.15) is 16.8 Å². The molecule has 0 aromatic heterocycles. The summed E-state index contributed by atoms with van der Waals surface area (Å²) in [5.74, 6) is 0.453. The molecule has 0 bridgehead atoms. The number of thioether (sulfide) groups is 1. The van der Waals surface area contributed by atoms with Gasteiger partial charge in [-0.3, -0.25) is 9.59 Å². The molecule has 0 fully saturated rings. The van der Waals surface area contributed by atoms with Crippen LogP contribution in [0.5, 0.6) is 0 Å². The Morgan fingerprint density at radius 1 is 1.38 bits per heavy atom. The minimum absolute atomic E-state index is 0.176. The largest absolute Gasteiger partial charge is 0.349 e. The molecule has 0 radical (unpaired) electrons. The summed E-state index contributed by atoms with van der Waals surface area (Å²) < 4.78 is 0. The third kappa shape index (κ3) is 6.01. The van der Waals surface area contributed by atoms with E-state index >= 15 is 0 Å². The number of rotatable bonds is 8. The van der Waals surface area contributed by atoms with Crippen molar-refractivity contribution in [3.63, 3.8) is 0 Å². The molecule has 0 saturated carbocycles. The lowest BCUT2D eigenvalue weighted by Gasteiger charge is -2.12. The van der Waals surface area contributed by atoms with Crippen molar-refractivity contribution in [2.24, 2.45) is 5.73 Å². The highest BCUT2D eigenvalue weighted by molar-refractivity contribution is 7.98. The lowest BCUT2D eigenvalue weighted by molar-refractivity contribution is -0.117. The molecule has 0 aliphatic rings. The van der Waals surface area contributed by atoms with Crippen LogP contribution in [0.15, 0.2) is 36.9 Å². The van der Waals surface area contributed by atoms with Crippen LogP contribution in [0.4, 0.5) is 5.69 Å². The second-order valence-corrected chi connectivity index (χ2v) is 5.44. The van der Waals surface area contributed by atoms with Crippen molar-refractivity contribution in [3.8, 4) is 0 Å². The third-order valence-electron chi connectivity index (χ3n) is 2.79. The zero-order valence-electron chi connectivity index (χ0n) is 12.1. The van der Waals surface area contributed by atoms with Crippen LogP contribution in [-0.4, -0.2) is 36.4 Å². The highest BCUT2D eigenvalue weighted by Crippen LogP contribution is 2.10. The number of hydrogen-bond acceptors (Lipinski definition) is 4. The number of benzene rings is 1. The molecule has 0 heterocycles. The maximum absolute atomic E-state index is 11.8. The number of anilines is 1. The van der Waals surface area contributed by atoms with Gasteiger partial charge in [0.15, 0.2) is 0 Å². The summed E-state index contributed by atoms with van der Waals surface area (Å²) in [5, 5.41) is 5.42. The second kappa shape index (κ2) is 9.20. The average Bonchev–Trinajstić information content (AvgIpc) is 2.50. The molecule has 0 aliphatic carbocycles. The summed E-state index contributed by atoms with van der Waals surface area (Å²) in [6, 6.07) is 6.15. The molecule has 0 unspecified atom stereocenters. The molecule has 2 amide bonds. The number of hydrogen-bond donors (Lipinski definition) is 3. The van der Waals surface area contributed by atoms with Gasteiger partial charge < -0.3 is 16.4 Å². The molecular formula is C15H21N3O2S. The van der Waals surface area contributed by atoms with Crippen LogP contribution in [0.3, 0.4) is 0 Å². The number of nitrogens with two attached hydrogens (primary N) is 1. The zero-order chi connectivity index (χ0) is 15.7. The van der Waals surface area contributed by atoms with E-state index in [2.05, 4.69) is 17.2 Å². The molecule has 6 heteroatoms. The Balaban J connectivity index is 2.56. The molecule has 1 atom stereocenters. The highest BCUT2D eigenvalue weighted by atomic mass is 32.2. The molecule has 114 valence electrons. The van der Waals surface area contributed by atoms with Gasteiger partial charge in [-0.15, -0.1) is 6.58 Å². The lowest BCUT2D eigenvalue weighted by atomic mass is 10.1. The van der Waals surface area contributed by atoms with E-state index in [1.165, 1.54) is 0 Å². The Kier molecular flexibility index (Phi) is 7.56. The molecule has 21 heavy (non-hydrogen) atoms. The van der Waals surface area contributed by atoms with Crippen molar-refractivity contribution in [2.45, 2.75) is 12.5 Å². The van der Waals surface area contributed by atoms with Crippen molar-refractivity contribution in [3.05, 3.63) is 42.5 Å². The van der Waals surface area contributed by atoms with Gasteiger partial charge in [0.1, 0.15) is 0 Å². The van der Waals surface area contributed by atoms with E-state index in [1.807, 2.05) is 6.26 Å². The number of nitrogens with one attached hydrogen (secondary N) is 2. The van der Waals surface area contributed by atoms with Crippen LogP contribution in [0, 0.1) is 0 Å². The fourth-order valence-electron chi connectivity index (χ4n) is 1.58. The van der Waals surface area contributed by atoms with Crippen LogP contribution >= 0.6 is 11.8 Å². The Labute approximate surface area is 129 Å². The Bertz CT molecular complexity index is 488. The maximum Gasteiger partial charge on any atom is 0.251 e. The van der Waals surface area contributed by atoms with E-state index in [9.17, 15) is 9.59 Å². The summed E-state index contributed by atoms with van der Waals surface area (Å²) in [6.07, 6.45) is 4.22. The van der Waals surface area contributed by atoms with E-state index in [-0.39, 0.29) is 11.8 Å². The monoisotopic (exact) mass is 307 g/mol. The fraction of sp³-hybridized carbons (Fsp3) is 0.333. The summed E-state index contributed by atoms with van der Waals surface area (Å²) in [5.41, 5.74) is 6.94. The minimum Gasteiger partial charge on any atom is -0.349 e. The van der Waals surface area contributed by atoms with Gasteiger partial charge in [-0.05, 0) is 42.7 Å². The van der Waals surface area contributed by atoms with Crippen molar-refractivity contribution in [1.82, 2.24) is 5.32 Å². The highest BCUT2D eigenvalue weighted by Gasteiger charge is 2.13. The Hall–Kier alpha value is -1.79. The first-order valence-corrected chi connectivity index (χ1v) is 8.02. The van der Waals surface area contributed by atoms with Gasteiger partial charge in [0.05, 0.1) is 6.04 Å². The molecule has 0 spiro atoms. The van der Waals surface area contributed by atoms with Crippen molar-refractivity contribution in [1.29, 1.82) is 0 Å². The molecule has 0 aliphatic heterocycles. The Morgan fingerprint density at radius 2 is 2.05 bits per heavy atom. The molecule has 5 nitrogen and oxygen atoms in total. The standard InChI is InChI=1S/C15H21N3O2S/c1-3-9-17-14(19)11-4-6-12(7-5-11)18-15(20)13(16)8-10-21-2/h3-7,13H,1,8-10,16H2,2H3,(H,17,19)(H,18,20)/t13-/m1/s1. The fourth-order valence-corrected chi connectivity index (χ4v) is 2.07. The van der Waals surface area contributed by atoms with Gasteiger partial charge in [-0.25, -0.2) is 0 Å². The molecule has 1 aromatic rings. The van der Waals surface area contributed by atoms with E-state index < -0.39 is 6.04 Å². The summed E-state index contributed by atoms with van der Waals surface area (Å²) in [7, 11) is 0. The van der Waals surface area contributed by atoms with Gasteiger partial charge in [-0.1, -0.05) is 6.08 Å². The van der Waals surface area contributed by atoms with E-state index in [4.69, 9.17) is 5.73 Å². The van der Waals surface area contributed by atoms with Gasteiger partial charge in [0.25, 0.3) is 5.91 Å². The van der Waals surface area contributed by atoms with Crippen molar-refractivity contribution in [2.75, 3.05) is 23.9 Å². The zero-order valence-corrected chi connectivity index (χ0v) is 12.9. The first-order valence-electron chi connectivity index (χ1n) is 6.63. The van der Waals surface area contributed by atoms with Crippen LogP contribution in [0.2, 0.25) is 0 Å². The predicted molar refractivity (Wildman–Crippen MR) is 88.6 cm³/mol. The quantitative estimate of drug-likeness (QED) is 0.637. The van der Waals surface area contributed by atoms with Crippen LogP contribution < -0.4 is 16.4 Å². The van der Waals surface area contributed by atoms with Gasteiger partial charge in [-0.2, -0.15) is 11.8 Å². The van der Waals surface area contributed by atoms with Crippen molar-refractivity contribution < 1.29 is 9.59 Å². The SMILES string of the molecule is C=CCNC(=O)c1ccc(NC(=O)[C@H](N)CCSC)cc1. The topological polar surface area (TPSA) is 84.2 Å². The summed E-state index contributed by atoms with van der Waals surface area (Å²) in [4.78, 5) is 23.5. The second-order valence-electron chi connectivity index (χ2n) is 4.45. The van der Waals surface area contributed by atoms with Crippen LogP contribution in [-0.2, 0) is 4.79 Å². The first kappa shape index (κ1) is 17.3. The van der Waals surface area contributed by atoms with Gasteiger partial charge in [0.2, 0.25) is 5.91 Å². The smallest absolute Gasteiger partial charge is 0.251 e. The molecular weight excluding hydrogens is 286 g/mol. The number of carbonyl (C=O) groups excluding carboxylic acids is 2. The first-order chi connectivity index (χ1) is 10.1. The van der Waals surface area contributed by atoms with Gasteiger partial charge >= 0.3 is 0 Å². The summed E-state index contributed by atoms with van der Waals surface area (Å²) in [6.45, 7) is 3.95. The molecule has 0 saturated heterocycles. The predicted octanol–water partition coefficient (Wildman–Crippen LogP) is 1.62. The average molecular weight is 307 g/mol. The summed E-state index contributed by atoms with van der Waals surface area (Å²) >= 11 is 1.65. The molecule has 1 rings (SSSR count). The maximum atomic E-state index is 11.8. The molecule has 4 N–H and O–H groups in total. The number of carbonyl (C=O) groups is 2. The lowest BCUT2D eigenvalue weighted by Crippen LogP contribution is -2.36.